The third-order valence-electron chi connectivity index (χ3n) is 5.17. The molecule has 1 aromatic rings. The van der Waals surface area contributed by atoms with E-state index in [4.69, 9.17) is 0 Å². The molecule has 0 aromatic heterocycles. The Morgan fingerprint density at radius 3 is 2.73 bits per heavy atom. The molecule has 2 saturated heterocycles. The predicted molar refractivity (Wildman–Crippen MR) is 105 cm³/mol. The van der Waals surface area contributed by atoms with Crippen molar-refractivity contribution >= 4 is 27.7 Å². The number of thioether (sulfide) groups is 1. The quantitative estimate of drug-likeness (QED) is 0.728. The largest absolute Gasteiger partial charge is 0.334 e. The highest BCUT2D eigenvalue weighted by atomic mass is 32.2. The van der Waals surface area contributed by atoms with Gasteiger partial charge in [-0.3, -0.25) is 4.79 Å². The average Bonchev–Trinajstić information content (AvgIpc) is 2.91. The number of rotatable bonds is 7. The second-order valence-corrected chi connectivity index (χ2v) is 9.59. The van der Waals surface area contributed by atoms with Crippen molar-refractivity contribution in [3.8, 4) is 0 Å². The van der Waals surface area contributed by atoms with Gasteiger partial charge in [-0.25, -0.2) is 8.42 Å². The molecule has 144 valence electrons. The third kappa shape index (κ3) is 4.42. The monoisotopic (exact) mass is 397 g/mol. The number of fused-ring (bicyclic) bond motifs is 2. The number of hydrogen-bond acceptors (Lipinski definition) is 5. The minimum Gasteiger partial charge on any atom is -0.334 e. The van der Waals surface area contributed by atoms with Gasteiger partial charge in [-0.2, -0.15) is 16.5 Å². The van der Waals surface area contributed by atoms with E-state index >= 15 is 0 Å². The lowest BCUT2D eigenvalue weighted by Crippen LogP contribution is -2.53. The van der Waals surface area contributed by atoms with Crippen LogP contribution in [0.4, 0.5) is 0 Å². The second-order valence-electron chi connectivity index (χ2n) is 6.89. The number of nitrogens with zero attached hydrogens (tertiary/aromatic N) is 1. The fourth-order valence-corrected chi connectivity index (χ4v) is 5.56. The zero-order chi connectivity index (χ0) is 18.6. The van der Waals surface area contributed by atoms with E-state index < -0.39 is 16.1 Å². The van der Waals surface area contributed by atoms with Gasteiger partial charge in [-0.05, 0) is 56.4 Å². The van der Waals surface area contributed by atoms with Gasteiger partial charge in [0.15, 0.2) is 0 Å². The Morgan fingerprint density at radius 2 is 2.00 bits per heavy atom. The summed E-state index contributed by atoms with van der Waals surface area (Å²) in [6.45, 7) is 1.71. The highest BCUT2D eigenvalue weighted by Gasteiger charge is 2.41. The number of carbonyl (C=O) groups excluding carboxylic acids is 1. The number of hydrogen-bond donors (Lipinski definition) is 2. The van der Waals surface area contributed by atoms with Gasteiger partial charge in [0.25, 0.3) is 0 Å². The van der Waals surface area contributed by atoms with E-state index in [1.54, 1.807) is 42.1 Å². The van der Waals surface area contributed by atoms with Crippen molar-refractivity contribution in [1.82, 2.24) is 14.9 Å². The van der Waals surface area contributed by atoms with Crippen LogP contribution in [0.3, 0.4) is 0 Å². The smallest absolute Gasteiger partial charge is 0.241 e. The molecule has 1 amide bonds. The molecule has 0 spiro atoms. The van der Waals surface area contributed by atoms with Crippen LogP contribution in [0, 0.1) is 0 Å². The van der Waals surface area contributed by atoms with Crippen LogP contribution in [0.2, 0.25) is 0 Å². The maximum absolute atomic E-state index is 13.3. The maximum Gasteiger partial charge on any atom is 0.241 e. The van der Waals surface area contributed by atoms with Gasteiger partial charge in [-0.1, -0.05) is 18.2 Å². The third-order valence-corrected chi connectivity index (χ3v) is 7.30. The first-order valence-electron chi connectivity index (χ1n) is 9.12. The van der Waals surface area contributed by atoms with Crippen LogP contribution in [-0.4, -0.2) is 62.4 Å². The number of sulfonamides is 1. The standard InChI is InChI=1S/C18H27N3O3S2/c1-25-12-10-17(20-26(23,24)16-5-3-2-4-6-16)18(22)21-14-7-8-15(21)13-19-11-9-14/h2-6,14-15,17,19-20H,7-13H2,1H3. The van der Waals surface area contributed by atoms with E-state index in [1.807, 2.05) is 11.2 Å². The van der Waals surface area contributed by atoms with Crippen LogP contribution in [0.15, 0.2) is 35.2 Å². The summed E-state index contributed by atoms with van der Waals surface area (Å²) in [5.41, 5.74) is 0. The lowest BCUT2D eigenvalue weighted by molar-refractivity contribution is -0.135. The van der Waals surface area contributed by atoms with Crippen molar-refractivity contribution in [2.24, 2.45) is 0 Å². The Labute approximate surface area is 160 Å². The van der Waals surface area contributed by atoms with Crippen molar-refractivity contribution in [3.63, 3.8) is 0 Å². The molecule has 2 fully saturated rings. The van der Waals surface area contributed by atoms with E-state index in [-0.39, 0.29) is 22.9 Å². The molecule has 8 heteroatoms. The molecule has 0 saturated carbocycles. The van der Waals surface area contributed by atoms with Crippen LogP contribution < -0.4 is 10.0 Å². The van der Waals surface area contributed by atoms with Gasteiger partial charge < -0.3 is 10.2 Å². The first-order chi connectivity index (χ1) is 12.5. The summed E-state index contributed by atoms with van der Waals surface area (Å²) in [4.78, 5) is 15.4. The summed E-state index contributed by atoms with van der Waals surface area (Å²) in [6.07, 6.45) is 5.40. The molecule has 0 radical (unpaired) electrons. The van der Waals surface area contributed by atoms with Crippen molar-refractivity contribution in [2.75, 3.05) is 25.1 Å². The Balaban J connectivity index is 1.80. The highest BCUT2D eigenvalue weighted by Crippen LogP contribution is 2.29. The molecule has 2 N–H and O–H groups in total. The van der Waals surface area contributed by atoms with Crippen LogP contribution >= 0.6 is 11.8 Å². The molecule has 1 aromatic carbocycles. The Bertz CT molecular complexity index is 698. The highest BCUT2D eigenvalue weighted by molar-refractivity contribution is 7.98. The average molecular weight is 398 g/mol. The Morgan fingerprint density at radius 1 is 1.27 bits per heavy atom. The number of benzene rings is 1. The fourth-order valence-electron chi connectivity index (χ4n) is 3.85. The van der Waals surface area contributed by atoms with Gasteiger partial charge in [0.1, 0.15) is 6.04 Å². The van der Waals surface area contributed by atoms with E-state index in [9.17, 15) is 13.2 Å². The predicted octanol–water partition coefficient (Wildman–Crippen LogP) is 1.44. The van der Waals surface area contributed by atoms with Crippen molar-refractivity contribution in [3.05, 3.63) is 30.3 Å². The van der Waals surface area contributed by atoms with Gasteiger partial charge in [0.2, 0.25) is 15.9 Å². The van der Waals surface area contributed by atoms with E-state index in [2.05, 4.69) is 10.0 Å². The maximum atomic E-state index is 13.3. The lowest BCUT2D eigenvalue weighted by atomic mass is 10.1. The summed E-state index contributed by atoms with van der Waals surface area (Å²) < 4.78 is 28.2. The molecule has 2 aliphatic heterocycles. The van der Waals surface area contributed by atoms with Crippen molar-refractivity contribution < 1.29 is 13.2 Å². The van der Waals surface area contributed by atoms with E-state index in [1.165, 1.54) is 0 Å². The SMILES string of the molecule is CSCCC(NS(=O)(=O)c1ccccc1)C(=O)N1C2CCNCC1CC2. The first-order valence-corrected chi connectivity index (χ1v) is 12.0. The molecule has 3 unspecified atom stereocenters. The molecule has 0 aliphatic carbocycles. The summed E-state index contributed by atoms with van der Waals surface area (Å²) in [5, 5.41) is 3.38. The summed E-state index contributed by atoms with van der Waals surface area (Å²) >= 11 is 1.62. The van der Waals surface area contributed by atoms with E-state index in [0.29, 0.717) is 6.42 Å². The fraction of sp³-hybridized carbons (Fsp3) is 0.611. The molecule has 3 atom stereocenters. The van der Waals surface area contributed by atoms with Gasteiger partial charge in [-0.15, -0.1) is 0 Å². The topological polar surface area (TPSA) is 78.5 Å². The summed E-state index contributed by atoms with van der Waals surface area (Å²) in [5.74, 6) is 0.657. The molecule has 2 bridgehead atoms. The van der Waals surface area contributed by atoms with Crippen LogP contribution in [-0.2, 0) is 14.8 Å². The van der Waals surface area contributed by atoms with E-state index in [0.717, 1.165) is 38.1 Å². The molecular formula is C18H27N3O3S2. The number of amides is 1. The van der Waals surface area contributed by atoms with Crippen molar-refractivity contribution in [1.29, 1.82) is 0 Å². The molecule has 6 nitrogen and oxygen atoms in total. The van der Waals surface area contributed by atoms with Gasteiger partial charge >= 0.3 is 0 Å². The van der Waals surface area contributed by atoms with Crippen LogP contribution in [0.1, 0.15) is 25.7 Å². The Hall–Kier alpha value is -1.09. The molecular weight excluding hydrogens is 370 g/mol. The molecule has 2 heterocycles. The van der Waals surface area contributed by atoms with Crippen molar-refractivity contribution in [2.45, 2.75) is 48.7 Å². The minimum atomic E-state index is -3.72. The minimum absolute atomic E-state index is 0.0743. The zero-order valence-corrected chi connectivity index (χ0v) is 16.7. The number of nitrogens with one attached hydrogen (secondary N) is 2. The molecule has 2 aliphatic rings. The van der Waals surface area contributed by atoms with Gasteiger partial charge in [0, 0.05) is 18.6 Å². The van der Waals surface area contributed by atoms with Crippen LogP contribution in [0.25, 0.3) is 0 Å². The molecule has 26 heavy (non-hydrogen) atoms. The number of carbonyl (C=O) groups is 1. The zero-order valence-electron chi connectivity index (χ0n) is 15.1. The normalized spacial score (nSPS) is 24.3. The Kier molecular flexibility index (Phi) is 6.60. The van der Waals surface area contributed by atoms with Gasteiger partial charge in [0.05, 0.1) is 4.90 Å². The summed E-state index contributed by atoms with van der Waals surface area (Å²) in [7, 11) is -3.72. The molecule has 3 rings (SSSR count). The van der Waals surface area contributed by atoms with Crippen LogP contribution in [0.5, 0.6) is 0 Å². The second kappa shape index (κ2) is 8.73. The lowest BCUT2D eigenvalue weighted by Gasteiger charge is -2.32. The first kappa shape index (κ1) is 19.7. The summed E-state index contributed by atoms with van der Waals surface area (Å²) in [6, 6.07) is 7.94.